The maximum Gasteiger partial charge on any atom is 0.0485 e. The molecule has 1 aromatic carbocycles. The molecule has 0 amide bonds. The van der Waals surface area contributed by atoms with E-state index in [1.54, 1.807) is 7.05 Å². The molecule has 1 aromatic rings. The zero-order valence-electron chi connectivity index (χ0n) is 6.91. The van der Waals surface area contributed by atoms with Gasteiger partial charge in [0.1, 0.15) is 0 Å². The lowest BCUT2D eigenvalue weighted by Crippen LogP contribution is -2.11. The average Bonchev–Trinajstić information content (AvgIpc) is 1.85. The van der Waals surface area contributed by atoms with Crippen LogP contribution in [0.4, 0.5) is 0 Å². The Morgan fingerprint density at radius 3 is 2.73 bits per heavy atom. The molecule has 0 atom stereocenters. The van der Waals surface area contributed by atoms with Gasteiger partial charge in [0.05, 0.1) is 0 Å². The van der Waals surface area contributed by atoms with Crippen molar-refractivity contribution in [2.75, 3.05) is 7.05 Å². The highest BCUT2D eigenvalue weighted by molar-refractivity contribution is 5.21. The normalized spacial score (nSPS) is 10.5. The van der Waals surface area contributed by atoms with Gasteiger partial charge < -0.3 is 5.21 Å². The van der Waals surface area contributed by atoms with Crippen LogP contribution in [0.1, 0.15) is 11.1 Å². The average molecular weight is 151 g/mol. The summed E-state index contributed by atoms with van der Waals surface area (Å²) in [4.78, 5) is 0. The van der Waals surface area contributed by atoms with E-state index in [0.29, 0.717) is 6.54 Å². The molecule has 0 unspecified atom stereocenters. The van der Waals surface area contributed by atoms with E-state index >= 15 is 0 Å². The van der Waals surface area contributed by atoms with Crippen molar-refractivity contribution >= 4 is 0 Å². The second kappa shape index (κ2) is 3.51. The van der Waals surface area contributed by atoms with Crippen LogP contribution in [-0.4, -0.2) is 17.3 Å². The number of hydrogen-bond acceptors (Lipinski definition) is 2. The Kier molecular flexibility index (Phi) is 2.63. The molecule has 11 heavy (non-hydrogen) atoms. The van der Waals surface area contributed by atoms with Gasteiger partial charge >= 0.3 is 0 Å². The van der Waals surface area contributed by atoms with Crippen molar-refractivity contribution in [2.45, 2.75) is 13.5 Å². The van der Waals surface area contributed by atoms with Crippen LogP contribution in [0.3, 0.4) is 0 Å². The minimum absolute atomic E-state index is 0.585. The molecule has 0 saturated heterocycles. The van der Waals surface area contributed by atoms with Gasteiger partial charge in [-0.15, -0.1) is 0 Å². The van der Waals surface area contributed by atoms with Gasteiger partial charge in [0.2, 0.25) is 0 Å². The standard InChI is InChI=1S/C9H13NO/c1-8-4-3-5-9(6-8)7-10(2)11/h3-6,11H,7H2,1-2H3. The van der Waals surface area contributed by atoms with Crippen LogP contribution in [-0.2, 0) is 6.54 Å². The summed E-state index contributed by atoms with van der Waals surface area (Å²) < 4.78 is 0. The highest BCUT2D eigenvalue weighted by Crippen LogP contribution is 2.04. The van der Waals surface area contributed by atoms with Crippen LogP contribution in [0, 0.1) is 6.92 Å². The molecule has 2 heteroatoms. The second-order valence-electron chi connectivity index (χ2n) is 2.80. The molecule has 0 aliphatic rings. The molecule has 0 heterocycles. The Morgan fingerprint density at radius 2 is 2.18 bits per heavy atom. The van der Waals surface area contributed by atoms with Crippen molar-refractivity contribution < 1.29 is 5.21 Å². The number of hydroxylamine groups is 2. The van der Waals surface area contributed by atoms with E-state index in [4.69, 9.17) is 5.21 Å². The molecule has 0 saturated carbocycles. The van der Waals surface area contributed by atoms with E-state index in [-0.39, 0.29) is 0 Å². The van der Waals surface area contributed by atoms with Gasteiger partial charge in [-0.25, -0.2) is 0 Å². The quantitative estimate of drug-likeness (QED) is 0.652. The van der Waals surface area contributed by atoms with Crippen LogP contribution in [0.5, 0.6) is 0 Å². The molecule has 1 rings (SSSR count). The first kappa shape index (κ1) is 8.24. The summed E-state index contributed by atoms with van der Waals surface area (Å²) in [6, 6.07) is 8.10. The number of rotatable bonds is 2. The van der Waals surface area contributed by atoms with E-state index in [9.17, 15) is 0 Å². The van der Waals surface area contributed by atoms with Gasteiger partial charge in [-0.3, -0.25) is 0 Å². The van der Waals surface area contributed by atoms with Crippen LogP contribution < -0.4 is 0 Å². The van der Waals surface area contributed by atoms with E-state index in [2.05, 4.69) is 6.07 Å². The van der Waals surface area contributed by atoms with Crippen molar-refractivity contribution in [3.8, 4) is 0 Å². The fraction of sp³-hybridized carbons (Fsp3) is 0.333. The smallest absolute Gasteiger partial charge is 0.0485 e. The third-order valence-corrected chi connectivity index (χ3v) is 1.49. The Hall–Kier alpha value is -0.860. The third kappa shape index (κ3) is 2.70. The predicted molar refractivity (Wildman–Crippen MR) is 44.4 cm³/mol. The maximum atomic E-state index is 8.93. The Labute approximate surface area is 67.0 Å². The van der Waals surface area contributed by atoms with Crippen LogP contribution in [0.25, 0.3) is 0 Å². The van der Waals surface area contributed by atoms with E-state index < -0.39 is 0 Å². The molecule has 2 nitrogen and oxygen atoms in total. The molecular weight excluding hydrogens is 138 g/mol. The summed E-state index contributed by atoms with van der Waals surface area (Å²) in [5.74, 6) is 0. The summed E-state index contributed by atoms with van der Waals surface area (Å²) in [7, 11) is 1.64. The molecule has 0 aliphatic heterocycles. The molecule has 0 spiro atoms. The number of benzene rings is 1. The Balaban J connectivity index is 2.71. The summed E-state index contributed by atoms with van der Waals surface area (Å²) in [5.41, 5.74) is 2.36. The minimum atomic E-state index is 0.585. The van der Waals surface area contributed by atoms with E-state index in [1.807, 2.05) is 25.1 Å². The number of hydrogen-bond donors (Lipinski definition) is 1. The van der Waals surface area contributed by atoms with Crippen LogP contribution in [0.2, 0.25) is 0 Å². The topological polar surface area (TPSA) is 23.5 Å². The SMILES string of the molecule is Cc1cccc(CN(C)O)c1. The van der Waals surface area contributed by atoms with Crippen molar-refractivity contribution in [3.05, 3.63) is 35.4 Å². The van der Waals surface area contributed by atoms with Crippen LogP contribution in [0.15, 0.2) is 24.3 Å². The van der Waals surface area contributed by atoms with E-state index in [0.717, 1.165) is 5.56 Å². The minimum Gasteiger partial charge on any atom is -0.314 e. The third-order valence-electron chi connectivity index (χ3n) is 1.49. The molecule has 0 aromatic heterocycles. The van der Waals surface area contributed by atoms with Gasteiger partial charge in [-0.2, -0.15) is 5.06 Å². The van der Waals surface area contributed by atoms with Crippen molar-refractivity contribution in [1.29, 1.82) is 0 Å². The number of aryl methyl sites for hydroxylation is 1. The van der Waals surface area contributed by atoms with Crippen molar-refractivity contribution in [3.63, 3.8) is 0 Å². The lowest BCUT2D eigenvalue weighted by molar-refractivity contribution is -0.0731. The molecule has 60 valence electrons. The molecule has 0 aliphatic carbocycles. The molecule has 0 bridgehead atoms. The number of nitrogens with zero attached hydrogens (tertiary/aromatic N) is 1. The zero-order chi connectivity index (χ0) is 8.27. The van der Waals surface area contributed by atoms with Crippen LogP contribution >= 0.6 is 0 Å². The maximum absolute atomic E-state index is 8.93. The van der Waals surface area contributed by atoms with Gasteiger partial charge in [0.15, 0.2) is 0 Å². The first-order valence-corrected chi connectivity index (χ1v) is 3.64. The van der Waals surface area contributed by atoms with E-state index in [1.165, 1.54) is 10.6 Å². The van der Waals surface area contributed by atoms with Gasteiger partial charge in [-0.05, 0) is 12.5 Å². The summed E-state index contributed by atoms with van der Waals surface area (Å²) in [6.07, 6.45) is 0. The highest BCUT2D eigenvalue weighted by Gasteiger charge is 1.94. The predicted octanol–water partition coefficient (Wildman–Crippen LogP) is 1.82. The first-order chi connectivity index (χ1) is 5.18. The second-order valence-corrected chi connectivity index (χ2v) is 2.80. The molecular formula is C9H13NO. The fourth-order valence-corrected chi connectivity index (χ4v) is 1.07. The van der Waals surface area contributed by atoms with Gasteiger partial charge in [0.25, 0.3) is 0 Å². The molecule has 1 N–H and O–H groups in total. The Bertz CT molecular complexity index is 233. The lowest BCUT2D eigenvalue weighted by Gasteiger charge is -2.07. The monoisotopic (exact) mass is 151 g/mol. The summed E-state index contributed by atoms with van der Waals surface area (Å²) >= 11 is 0. The van der Waals surface area contributed by atoms with Gasteiger partial charge in [-0.1, -0.05) is 29.8 Å². The molecule has 0 fully saturated rings. The summed E-state index contributed by atoms with van der Waals surface area (Å²) in [6.45, 7) is 2.63. The van der Waals surface area contributed by atoms with Crippen molar-refractivity contribution in [2.24, 2.45) is 0 Å². The first-order valence-electron chi connectivity index (χ1n) is 3.64. The molecule has 0 radical (unpaired) electrons. The largest absolute Gasteiger partial charge is 0.314 e. The highest BCUT2D eigenvalue weighted by atomic mass is 16.5. The lowest BCUT2D eigenvalue weighted by atomic mass is 10.1. The Morgan fingerprint density at radius 1 is 1.45 bits per heavy atom. The summed E-state index contributed by atoms with van der Waals surface area (Å²) in [5, 5.41) is 10.1. The van der Waals surface area contributed by atoms with Gasteiger partial charge in [0, 0.05) is 13.6 Å². The van der Waals surface area contributed by atoms with Crippen molar-refractivity contribution in [1.82, 2.24) is 5.06 Å². The fourth-order valence-electron chi connectivity index (χ4n) is 1.07. The zero-order valence-corrected chi connectivity index (χ0v) is 6.91.